The maximum absolute atomic E-state index is 12.9. The molecule has 2 N–H and O–H groups in total. The van der Waals surface area contributed by atoms with Gasteiger partial charge in [0.25, 0.3) is 6.43 Å². The number of fused-ring (bicyclic) bond motifs is 2. The fourth-order valence-electron chi connectivity index (χ4n) is 4.29. The Morgan fingerprint density at radius 1 is 1.17 bits per heavy atom. The molecular formula is C25H25F2N5O3S. The van der Waals surface area contributed by atoms with Crippen molar-refractivity contribution >= 4 is 27.1 Å². The van der Waals surface area contributed by atoms with E-state index < -0.39 is 22.9 Å². The lowest BCUT2D eigenvalue weighted by Crippen LogP contribution is -2.27. The molecule has 11 heteroatoms. The molecular weight excluding hydrogens is 488 g/mol. The van der Waals surface area contributed by atoms with Crippen molar-refractivity contribution in [1.29, 1.82) is 0 Å². The monoisotopic (exact) mass is 513 g/mol. The second-order valence-corrected chi connectivity index (χ2v) is 10.7. The Hall–Kier alpha value is -3.73. The summed E-state index contributed by atoms with van der Waals surface area (Å²) in [5.74, 6) is 0.470. The van der Waals surface area contributed by atoms with E-state index in [0.29, 0.717) is 29.3 Å². The van der Waals surface area contributed by atoms with Crippen molar-refractivity contribution in [1.82, 2.24) is 14.6 Å². The topological polar surface area (TPSA) is 97.6 Å². The van der Waals surface area contributed by atoms with Crippen LogP contribution in [0.3, 0.4) is 0 Å². The number of sulfone groups is 1. The number of ether oxygens (including phenoxy) is 1. The van der Waals surface area contributed by atoms with Crippen LogP contribution in [0, 0.1) is 0 Å². The van der Waals surface area contributed by atoms with Crippen LogP contribution in [-0.4, -0.2) is 54.9 Å². The second-order valence-electron chi connectivity index (χ2n) is 8.68. The van der Waals surface area contributed by atoms with E-state index in [1.165, 1.54) is 17.7 Å². The van der Waals surface area contributed by atoms with Crippen LogP contribution in [0.4, 0.5) is 20.4 Å². The van der Waals surface area contributed by atoms with E-state index in [1.807, 2.05) is 12.1 Å². The lowest BCUT2D eigenvalue weighted by Gasteiger charge is -2.15. The molecule has 1 aliphatic heterocycles. The highest BCUT2D eigenvalue weighted by Gasteiger charge is 2.20. The zero-order valence-corrected chi connectivity index (χ0v) is 20.3. The molecule has 188 valence electrons. The number of anilines is 2. The number of alkyl halides is 2. The Kier molecular flexibility index (Phi) is 6.48. The SMILES string of the molecule is CS(=O)(=O)c1ccc(-c2cccn3nc(NC4CCc5ccccc5NC4)nc23)c(OCC(F)F)c1. The third kappa shape index (κ3) is 5.11. The minimum atomic E-state index is -3.56. The second kappa shape index (κ2) is 9.73. The van der Waals surface area contributed by atoms with Gasteiger partial charge in [-0.2, -0.15) is 4.98 Å². The maximum atomic E-state index is 12.9. The normalized spacial score (nSPS) is 15.8. The molecule has 0 fully saturated rings. The molecule has 8 nitrogen and oxygen atoms in total. The van der Waals surface area contributed by atoms with Gasteiger partial charge in [-0.15, -0.1) is 5.10 Å². The zero-order chi connectivity index (χ0) is 25.3. The largest absolute Gasteiger partial charge is 0.487 e. The molecule has 5 rings (SSSR count). The van der Waals surface area contributed by atoms with E-state index in [-0.39, 0.29) is 16.7 Å². The third-order valence-corrected chi connectivity index (χ3v) is 7.16. The number of pyridine rings is 1. The van der Waals surface area contributed by atoms with Crippen LogP contribution in [0.5, 0.6) is 5.75 Å². The van der Waals surface area contributed by atoms with Crippen LogP contribution < -0.4 is 15.4 Å². The van der Waals surface area contributed by atoms with E-state index in [0.717, 1.165) is 24.8 Å². The average Bonchev–Trinajstić information content (AvgIpc) is 3.15. The van der Waals surface area contributed by atoms with Gasteiger partial charge in [0.1, 0.15) is 12.4 Å². The number of aromatic nitrogens is 3. The summed E-state index contributed by atoms with van der Waals surface area (Å²) in [6.45, 7) is -0.155. The first kappa shape index (κ1) is 24.0. The van der Waals surface area contributed by atoms with E-state index >= 15 is 0 Å². The lowest BCUT2D eigenvalue weighted by atomic mass is 10.1. The minimum absolute atomic E-state index is 0.0202. The number of rotatable bonds is 7. The van der Waals surface area contributed by atoms with Crippen LogP contribution in [0.25, 0.3) is 16.8 Å². The molecule has 3 heterocycles. The molecule has 0 bridgehead atoms. The predicted octanol–water partition coefficient (Wildman–Crippen LogP) is 4.28. The van der Waals surface area contributed by atoms with Crippen molar-refractivity contribution in [2.45, 2.75) is 30.2 Å². The van der Waals surface area contributed by atoms with Gasteiger partial charge in [0.15, 0.2) is 15.5 Å². The summed E-state index contributed by atoms with van der Waals surface area (Å²) >= 11 is 0. The summed E-state index contributed by atoms with van der Waals surface area (Å²) in [6.07, 6.45) is 1.89. The van der Waals surface area contributed by atoms with Gasteiger partial charge in [-0.25, -0.2) is 21.7 Å². The van der Waals surface area contributed by atoms with Gasteiger partial charge in [0.05, 0.1) is 4.90 Å². The van der Waals surface area contributed by atoms with Crippen molar-refractivity contribution in [2.75, 3.05) is 30.0 Å². The molecule has 2 aromatic heterocycles. The number of halogens is 2. The highest BCUT2D eigenvalue weighted by atomic mass is 32.2. The van der Waals surface area contributed by atoms with Crippen molar-refractivity contribution in [2.24, 2.45) is 0 Å². The number of aryl methyl sites for hydroxylation is 1. The molecule has 1 atom stereocenters. The molecule has 0 saturated heterocycles. The van der Waals surface area contributed by atoms with Crippen LogP contribution in [0.15, 0.2) is 65.7 Å². The highest BCUT2D eigenvalue weighted by molar-refractivity contribution is 7.90. The van der Waals surface area contributed by atoms with Gasteiger partial charge in [0.2, 0.25) is 5.95 Å². The predicted molar refractivity (Wildman–Crippen MR) is 134 cm³/mol. The van der Waals surface area contributed by atoms with Gasteiger partial charge < -0.3 is 15.4 Å². The van der Waals surface area contributed by atoms with Crippen molar-refractivity contribution in [3.05, 3.63) is 66.4 Å². The van der Waals surface area contributed by atoms with Crippen molar-refractivity contribution in [3.8, 4) is 16.9 Å². The van der Waals surface area contributed by atoms with Gasteiger partial charge in [-0.3, -0.25) is 0 Å². The number of benzene rings is 2. The van der Waals surface area contributed by atoms with Crippen molar-refractivity contribution < 1.29 is 21.9 Å². The summed E-state index contributed by atoms with van der Waals surface area (Å²) in [5, 5.41) is 11.4. The maximum Gasteiger partial charge on any atom is 0.272 e. The fraction of sp³-hybridized carbons (Fsp3) is 0.280. The Labute approximate surface area is 207 Å². The van der Waals surface area contributed by atoms with Crippen LogP contribution in [0.1, 0.15) is 12.0 Å². The quantitative estimate of drug-likeness (QED) is 0.381. The molecule has 2 aromatic carbocycles. The molecule has 1 aliphatic rings. The number of hydrogen-bond donors (Lipinski definition) is 2. The first-order valence-corrected chi connectivity index (χ1v) is 13.4. The number of nitrogens with zero attached hydrogens (tertiary/aromatic N) is 3. The Morgan fingerprint density at radius 2 is 2.00 bits per heavy atom. The highest BCUT2D eigenvalue weighted by Crippen LogP contribution is 2.35. The van der Waals surface area contributed by atoms with E-state index in [1.54, 1.807) is 28.9 Å². The van der Waals surface area contributed by atoms with E-state index in [4.69, 9.17) is 4.74 Å². The first-order valence-electron chi connectivity index (χ1n) is 11.5. The standard InChI is InChI=1S/C25H25F2N5O3S/c1-36(33,34)18-10-11-19(22(13-18)35-15-23(26)27)20-6-4-12-32-24(20)30-25(31-32)29-17-9-8-16-5-2-3-7-21(16)28-14-17/h2-7,10-13,17,23,28H,8-9,14-15H2,1H3,(H,29,31). The molecule has 36 heavy (non-hydrogen) atoms. The Morgan fingerprint density at radius 3 is 2.81 bits per heavy atom. The summed E-state index contributed by atoms with van der Waals surface area (Å²) in [6, 6.07) is 16.1. The van der Waals surface area contributed by atoms with Gasteiger partial charge >= 0.3 is 0 Å². The molecule has 1 unspecified atom stereocenters. The van der Waals surface area contributed by atoms with Crippen molar-refractivity contribution in [3.63, 3.8) is 0 Å². The number of para-hydroxylation sites is 1. The molecule has 4 aromatic rings. The smallest absolute Gasteiger partial charge is 0.272 e. The molecule has 0 amide bonds. The summed E-state index contributed by atoms with van der Waals surface area (Å²) < 4.78 is 56.8. The van der Waals surface area contributed by atoms with Crippen LogP contribution in [-0.2, 0) is 16.3 Å². The summed E-state index contributed by atoms with van der Waals surface area (Å²) in [5.41, 5.74) is 3.90. The zero-order valence-electron chi connectivity index (χ0n) is 19.5. The average molecular weight is 514 g/mol. The number of hydrogen-bond acceptors (Lipinski definition) is 7. The molecule has 0 spiro atoms. The minimum Gasteiger partial charge on any atom is -0.487 e. The molecule has 0 saturated carbocycles. The fourth-order valence-corrected chi connectivity index (χ4v) is 4.92. The van der Waals surface area contributed by atoms with Gasteiger partial charge in [0, 0.05) is 41.9 Å². The summed E-state index contributed by atoms with van der Waals surface area (Å²) in [7, 11) is -3.56. The number of nitrogens with one attached hydrogen (secondary N) is 2. The van der Waals surface area contributed by atoms with Crippen LogP contribution in [0.2, 0.25) is 0 Å². The first-order chi connectivity index (χ1) is 17.3. The van der Waals surface area contributed by atoms with E-state index in [2.05, 4.69) is 32.8 Å². The molecule has 0 radical (unpaired) electrons. The van der Waals surface area contributed by atoms with Gasteiger partial charge in [-0.05, 0) is 54.8 Å². The Bertz CT molecular complexity index is 1480. The Balaban J connectivity index is 1.46. The van der Waals surface area contributed by atoms with Gasteiger partial charge in [-0.1, -0.05) is 18.2 Å². The lowest BCUT2D eigenvalue weighted by molar-refractivity contribution is 0.0821. The van der Waals surface area contributed by atoms with E-state index in [9.17, 15) is 17.2 Å². The summed E-state index contributed by atoms with van der Waals surface area (Å²) in [4.78, 5) is 4.64. The molecule has 0 aliphatic carbocycles. The third-order valence-electron chi connectivity index (χ3n) is 6.05. The van der Waals surface area contributed by atoms with Crippen LogP contribution >= 0.6 is 0 Å².